The first kappa shape index (κ1) is 20.3. The van der Waals surface area contributed by atoms with Crippen LogP contribution < -0.4 is 10.0 Å². The van der Waals surface area contributed by atoms with Crippen molar-refractivity contribution in [2.24, 2.45) is 0 Å². The third-order valence-corrected chi connectivity index (χ3v) is 7.96. The average molecular weight is 456 g/mol. The molecule has 0 unspecified atom stereocenters. The smallest absolute Gasteiger partial charge is 0.271 e. The minimum atomic E-state index is -3.58. The van der Waals surface area contributed by atoms with E-state index in [9.17, 15) is 13.2 Å². The van der Waals surface area contributed by atoms with Crippen LogP contribution in [-0.2, 0) is 10.0 Å². The number of anilines is 3. The summed E-state index contributed by atoms with van der Waals surface area (Å²) in [5.74, 6) is -0.0584. The molecule has 0 fully saturated rings. The predicted molar refractivity (Wildman–Crippen MR) is 122 cm³/mol. The molecule has 0 bridgehead atoms. The van der Waals surface area contributed by atoms with E-state index in [-0.39, 0.29) is 9.99 Å². The van der Waals surface area contributed by atoms with Gasteiger partial charge in [0.25, 0.3) is 10.0 Å². The minimum Gasteiger partial charge on any atom is -0.332 e. The van der Waals surface area contributed by atoms with Crippen molar-refractivity contribution in [3.8, 4) is 0 Å². The Labute approximate surface area is 182 Å². The maximum atomic E-state index is 12.7. The van der Waals surface area contributed by atoms with Gasteiger partial charge in [-0.2, -0.15) is 0 Å². The van der Waals surface area contributed by atoms with Gasteiger partial charge in [-0.15, -0.1) is 11.3 Å². The molecule has 0 amide bonds. The lowest BCUT2D eigenvalue weighted by molar-refractivity contribution is 0.104. The summed E-state index contributed by atoms with van der Waals surface area (Å²) in [6.45, 7) is 1.90. The standard InChI is InChI=1S/C21H17N3O3S3/c1-14-5-2-3-6-17(14)20(25)18-13-22-21(29-18)23-15-8-10-16(11-9-15)24-30(26,27)19-7-4-12-28-19/h2-13,24H,1H3,(H,22,23). The molecule has 2 N–H and O–H groups in total. The van der Waals surface area contributed by atoms with Gasteiger partial charge in [-0.05, 0) is 48.2 Å². The molecule has 0 atom stereocenters. The number of carbonyl (C=O) groups excluding carboxylic acids is 1. The van der Waals surface area contributed by atoms with E-state index in [1.165, 1.54) is 11.3 Å². The molecule has 0 saturated heterocycles. The molecule has 6 nitrogen and oxygen atoms in total. The van der Waals surface area contributed by atoms with Crippen LogP contribution in [0.3, 0.4) is 0 Å². The van der Waals surface area contributed by atoms with Crippen molar-refractivity contribution in [3.05, 3.63) is 88.2 Å². The average Bonchev–Trinajstić information content (AvgIpc) is 3.42. The highest BCUT2D eigenvalue weighted by atomic mass is 32.2. The zero-order valence-electron chi connectivity index (χ0n) is 15.8. The van der Waals surface area contributed by atoms with Gasteiger partial charge in [0, 0.05) is 16.9 Å². The van der Waals surface area contributed by atoms with Gasteiger partial charge in [0.05, 0.1) is 11.1 Å². The summed E-state index contributed by atoms with van der Waals surface area (Å²) in [7, 11) is -3.58. The number of thiophene rings is 1. The van der Waals surface area contributed by atoms with Crippen molar-refractivity contribution in [2.75, 3.05) is 10.0 Å². The van der Waals surface area contributed by atoms with E-state index in [1.807, 2.05) is 25.1 Å². The first-order valence-corrected chi connectivity index (χ1v) is 12.1. The molecule has 0 aliphatic carbocycles. The Morgan fingerprint density at radius 1 is 0.967 bits per heavy atom. The van der Waals surface area contributed by atoms with Crippen molar-refractivity contribution in [3.63, 3.8) is 0 Å². The molecule has 2 aromatic carbocycles. The van der Waals surface area contributed by atoms with E-state index in [2.05, 4.69) is 15.0 Å². The third kappa shape index (κ3) is 4.43. The summed E-state index contributed by atoms with van der Waals surface area (Å²) in [6.07, 6.45) is 1.56. The van der Waals surface area contributed by atoms with Gasteiger partial charge >= 0.3 is 0 Å². The zero-order valence-corrected chi connectivity index (χ0v) is 18.3. The maximum absolute atomic E-state index is 12.7. The van der Waals surface area contributed by atoms with Crippen LogP contribution in [0.15, 0.2) is 76.4 Å². The molecule has 2 aromatic heterocycles. The second kappa shape index (κ2) is 8.39. The zero-order chi connectivity index (χ0) is 21.1. The van der Waals surface area contributed by atoms with Crippen molar-refractivity contribution >= 4 is 55.0 Å². The molecule has 30 heavy (non-hydrogen) atoms. The molecule has 4 aromatic rings. The number of carbonyl (C=O) groups is 1. The number of ketones is 1. The Morgan fingerprint density at radius 3 is 2.40 bits per heavy atom. The molecule has 0 aliphatic rings. The molecule has 0 saturated carbocycles. The summed E-state index contributed by atoms with van der Waals surface area (Å²) in [4.78, 5) is 17.5. The normalized spacial score (nSPS) is 11.2. The van der Waals surface area contributed by atoms with Gasteiger partial charge in [-0.3, -0.25) is 9.52 Å². The van der Waals surface area contributed by atoms with E-state index in [0.29, 0.717) is 21.3 Å². The van der Waals surface area contributed by atoms with E-state index < -0.39 is 10.0 Å². The van der Waals surface area contributed by atoms with E-state index in [1.54, 1.807) is 54.0 Å². The number of nitrogens with zero attached hydrogens (tertiary/aromatic N) is 1. The molecule has 0 aliphatic heterocycles. The number of benzene rings is 2. The van der Waals surface area contributed by atoms with Crippen molar-refractivity contribution < 1.29 is 13.2 Å². The Kier molecular flexibility index (Phi) is 5.67. The fourth-order valence-corrected chi connectivity index (χ4v) is 5.61. The monoisotopic (exact) mass is 455 g/mol. The molecule has 152 valence electrons. The number of sulfonamides is 1. The fourth-order valence-electron chi connectivity index (χ4n) is 2.76. The minimum absolute atomic E-state index is 0.0584. The Morgan fingerprint density at radius 2 is 1.70 bits per heavy atom. The van der Waals surface area contributed by atoms with Gasteiger partial charge in [0.15, 0.2) is 5.13 Å². The van der Waals surface area contributed by atoms with E-state index >= 15 is 0 Å². The molecule has 4 rings (SSSR count). The second-order valence-electron chi connectivity index (χ2n) is 6.41. The van der Waals surface area contributed by atoms with Gasteiger partial charge in [0.1, 0.15) is 4.21 Å². The number of aromatic nitrogens is 1. The number of nitrogens with one attached hydrogen (secondary N) is 2. The number of rotatable bonds is 7. The molecular weight excluding hydrogens is 438 g/mol. The van der Waals surface area contributed by atoms with Crippen LogP contribution in [0, 0.1) is 6.92 Å². The Hall–Kier alpha value is -3.01. The van der Waals surface area contributed by atoms with Crippen LogP contribution in [0.5, 0.6) is 0 Å². The van der Waals surface area contributed by atoms with Gasteiger partial charge < -0.3 is 5.32 Å². The largest absolute Gasteiger partial charge is 0.332 e. The lowest BCUT2D eigenvalue weighted by atomic mass is 10.0. The molecule has 9 heteroatoms. The quantitative estimate of drug-likeness (QED) is 0.370. The summed E-state index contributed by atoms with van der Waals surface area (Å²) < 4.78 is 27.4. The number of hydrogen-bond acceptors (Lipinski definition) is 7. The third-order valence-electron chi connectivity index (χ3n) is 4.27. The van der Waals surface area contributed by atoms with E-state index in [0.717, 1.165) is 22.6 Å². The summed E-state index contributed by atoms with van der Waals surface area (Å²) in [6, 6.07) is 17.5. The van der Waals surface area contributed by atoms with Crippen molar-refractivity contribution in [1.29, 1.82) is 0 Å². The first-order chi connectivity index (χ1) is 14.4. The highest BCUT2D eigenvalue weighted by Gasteiger charge is 2.16. The summed E-state index contributed by atoms with van der Waals surface area (Å²) in [5, 5.41) is 5.44. The molecule has 0 radical (unpaired) electrons. The number of thiazole rings is 1. The van der Waals surface area contributed by atoms with E-state index in [4.69, 9.17) is 0 Å². The van der Waals surface area contributed by atoms with Crippen LogP contribution in [0.4, 0.5) is 16.5 Å². The second-order valence-corrected chi connectivity index (χ2v) is 10.3. The number of aryl methyl sites for hydroxylation is 1. The lowest BCUT2D eigenvalue weighted by Gasteiger charge is -2.08. The topological polar surface area (TPSA) is 88.2 Å². The predicted octanol–water partition coefficient (Wildman–Crippen LogP) is 5.29. The first-order valence-electron chi connectivity index (χ1n) is 8.92. The van der Waals surface area contributed by atoms with Gasteiger partial charge in [0.2, 0.25) is 5.78 Å². The fraction of sp³-hybridized carbons (Fsp3) is 0.0476. The molecular formula is C21H17N3O3S3. The van der Waals surface area contributed by atoms with Gasteiger partial charge in [-0.1, -0.05) is 41.7 Å². The van der Waals surface area contributed by atoms with Crippen LogP contribution in [0.25, 0.3) is 0 Å². The van der Waals surface area contributed by atoms with Crippen LogP contribution in [0.1, 0.15) is 20.8 Å². The van der Waals surface area contributed by atoms with Crippen molar-refractivity contribution in [2.45, 2.75) is 11.1 Å². The SMILES string of the molecule is Cc1ccccc1C(=O)c1cnc(Nc2ccc(NS(=O)(=O)c3cccs3)cc2)s1. The lowest BCUT2D eigenvalue weighted by Crippen LogP contribution is -2.11. The highest BCUT2D eigenvalue weighted by molar-refractivity contribution is 7.94. The highest BCUT2D eigenvalue weighted by Crippen LogP contribution is 2.27. The molecule has 0 spiro atoms. The van der Waals surface area contributed by atoms with Crippen LogP contribution in [0.2, 0.25) is 0 Å². The van der Waals surface area contributed by atoms with Crippen LogP contribution >= 0.6 is 22.7 Å². The number of hydrogen-bond donors (Lipinski definition) is 2. The molecule has 2 heterocycles. The Balaban J connectivity index is 1.44. The Bertz CT molecular complexity index is 1280. The van der Waals surface area contributed by atoms with Crippen LogP contribution in [-0.4, -0.2) is 19.2 Å². The van der Waals surface area contributed by atoms with Gasteiger partial charge in [-0.25, -0.2) is 13.4 Å². The maximum Gasteiger partial charge on any atom is 0.271 e. The summed E-state index contributed by atoms with van der Waals surface area (Å²) >= 11 is 2.43. The summed E-state index contributed by atoms with van der Waals surface area (Å²) in [5.41, 5.74) is 2.78. The van der Waals surface area contributed by atoms with Crippen molar-refractivity contribution in [1.82, 2.24) is 4.98 Å².